The first-order chi connectivity index (χ1) is 13.4. The molecule has 2 aromatic heterocycles. The smallest absolute Gasteiger partial charge is 0.200 e. The number of fused-ring (bicyclic) bond motifs is 1. The molecule has 9 heteroatoms. The molecule has 0 saturated carbocycles. The van der Waals surface area contributed by atoms with E-state index >= 15 is 0 Å². The Morgan fingerprint density at radius 1 is 1.25 bits per heavy atom. The van der Waals surface area contributed by atoms with Gasteiger partial charge in [0, 0.05) is 24.1 Å². The Balaban J connectivity index is 1.99. The SMILES string of the molecule is CC(C)c1cc(-c2n[nH]c(=S)n2-c2ccc3cnn(C)c3c2)c(N=O)cc1O. The van der Waals surface area contributed by atoms with Gasteiger partial charge in [-0.2, -0.15) is 10.2 Å². The number of aromatic nitrogens is 5. The van der Waals surface area contributed by atoms with E-state index in [9.17, 15) is 10.0 Å². The molecule has 0 aliphatic carbocycles. The topological polar surface area (TPSA) is 101 Å². The molecule has 0 saturated heterocycles. The summed E-state index contributed by atoms with van der Waals surface area (Å²) >= 11 is 5.44. The number of phenolic OH excluding ortho intramolecular Hbond substituents is 1. The second-order valence-corrected chi connectivity index (χ2v) is 7.26. The number of phenols is 1. The van der Waals surface area contributed by atoms with Gasteiger partial charge in [-0.05, 0) is 53.1 Å². The second-order valence-electron chi connectivity index (χ2n) is 6.87. The van der Waals surface area contributed by atoms with Crippen molar-refractivity contribution in [1.82, 2.24) is 24.5 Å². The predicted octanol–water partition coefficient (Wildman–Crippen LogP) is 4.71. The number of nitrogens with zero attached hydrogens (tertiary/aromatic N) is 5. The first kappa shape index (κ1) is 18.1. The van der Waals surface area contributed by atoms with Crippen LogP contribution in [0, 0.1) is 9.68 Å². The van der Waals surface area contributed by atoms with Gasteiger partial charge in [-0.1, -0.05) is 13.8 Å². The Bertz CT molecular complexity index is 1270. The fourth-order valence-corrected chi connectivity index (χ4v) is 3.54. The summed E-state index contributed by atoms with van der Waals surface area (Å²) in [5.41, 5.74) is 3.01. The first-order valence-corrected chi connectivity index (χ1v) is 9.11. The quantitative estimate of drug-likeness (QED) is 0.385. The van der Waals surface area contributed by atoms with Crippen LogP contribution in [0.25, 0.3) is 28.0 Å². The zero-order chi connectivity index (χ0) is 20.0. The molecule has 0 fully saturated rings. The third kappa shape index (κ3) is 2.80. The van der Waals surface area contributed by atoms with Gasteiger partial charge in [0.2, 0.25) is 0 Å². The molecule has 0 bridgehead atoms. The van der Waals surface area contributed by atoms with Crippen LogP contribution in [0.1, 0.15) is 25.3 Å². The van der Waals surface area contributed by atoms with Crippen LogP contribution in [0.5, 0.6) is 5.75 Å². The minimum atomic E-state index is 0.0327. The maximum Gasteiger partial charge on any atom is 0.200 e. The summed E-state index contributed by atoms with van der Waals surface area (Å²) in [5, 5.41) is 25.7. The number of hydrogen-bond acceptors (Lipinski definition) is 6. The van der Waals surface area contributed by atoms with E-state index in [4.69, 9.17) is 12.2 Å². The van der Waals surface area contributed by atoms with Crippen molar-refractivity contribution in [1.29, 1.82) is 0 Å². The Morgan fingerprint density at radius 3 is 2.75 bits per heavy atom. The van der Waals surface area contributed by atoms with Gasteiger partial charge in [0.05, 0.1) is 17.4 Å². The zero-order valence-corrected chi connectivity index (χ0v) is 16.4. The van der Waals surface area contributed by atoms with Gasteiger partial charge in [-0.3, -0.25) is 14.3 Å². The summed E-state index contributed by atoms with van der Waals surface area (Å²) in [5.74, 6) is 0.536. The Hall–Kier alpha value is -3.33. The van der Waals surface area contributed by atoms with Crippen molar-refractivity contribution in [3.05, 3.63) is 51.8 Å². The number of hydrogen-bond donors (Lipinski definition) is 2. The number of rotatable bonds is 4. The molecule has 4 rings (SSSR count). The minimum Gasteiger partial charge on any atom is -0.508 e. The molecule has 0 amide bonds. The Labute approximate surface area is 165 Å². The average Bonchev–Trinajstić information content (AvgIpc) is 3.23. The van der Waals surface area contributed by atoms with E-state index < -0.39 is 0 Å². The van der Waals surface area contributed by atoms with Crippen LogP contribution in [0.2, 0.25) is 0 Å². The highest BCUT2D eigenvalue weighted by Gasteiger charge is 2.19. The number of nitrogens with one attached hydrogen (secondary N) is 1. The van der Waals surface area contributed by atoms with E-state index in [-0.39, 0.29) is 17.4 Å². The molecule has 0 unspecified atom stereocenters. The molecule has 0 aliphatic rings. The number of H-pyrrole nitrogens is 1. The molecule has 28 heavy (non-hydrogen) atoms. The molecule has 2 aromatic carbocycles. The highest BCUT2D eigenvalue weighted by molar-refractivity contribution is 7.71. The van der Waals surface area contributed by atoms with Crippen molar-refractivity contribution in [2.24, 2.45) is 12.2 Å². The van der Waals surface area contributed by atoms with Gasteiger partial charge in [0.15, 0.2) is 10.6 Å². The van der Waals surface area contributed by atoms with Crippen molar-refractivity contribution >= 4 is 28.8 Å². The standard InChI is InChI=1S/C19H18N6O2S/c1-10(2)13-7-14(15(23-27)8-17(13)26)18-21-22-19(28)25(18)12-5-4-11-9-20-24(3)16(11)6-12/h4-10,26H,1-3H3,(H,22,28). The molecule has 0 radical (unpaired) electrons. The van der Waals surface area contributed by atoms with Crippen LogP contribution in [-0.4, -0.2) is 29.7 Å². The van der Waals surface area contributed by atoms with Gasteiger partial charge in [0.1, 0.15) is 11.4 Å². The number of aromatic hydroxyl groups is 1. The van der Waals surface area contributed by atoms with Crippen molar-refractivity contribution in [2.45, 2.75) is 19.8 Å². The molecular formula is C19H18N6O2S. The zero-order valence-electron chi connectivity index (χ0n) is 15.5. The van der Waals surface area contributed by atoms with E-state index in [1.807, 2.05) is 39.1 Å². The van der Waals surface area contributed by atoms with Crippen molar-refractivity contribution in [2.75, 3.05) is 0 Å². The van der Waals surface area contributed by atoms with Crippen LogP contribution in [-0.2, 0) is 7.05 Å². The Kier molecular flexibility index (Phi) is 4.31. The van der Waals surface area contributed by atoms with E-state index in [1.165, 1.54) is 6.07 Å². The fraction of sp³-hybridized carbons (Fsp3) is 0.211. The monoisotopic (exact) mass is 394 g/mol. The molecule has 8 nitrogen and oxygen atoms in total. The number of nitroso groups, excluding NO2 is 1. The normalized spacial score (nSPS) is 11.4. The van der Waals surface area contributed by atoms with Gasteiger partial charge >= 0.3 is 0 Å². The van der Waals surface area contributed by atoms with Gasteiger partial charge < -0.3 is 5.11 Å². The maximum absolute atomic E-state index is 11.4. The van der Waals surface area contributed by atoms with E-state index in [0.29, 0.717) is 21.7 Å². The van der Waals surface area contributed by atoms with Crippen LogP contribution in [0.15, 0.2) is 41.7 Å². The summed E-state index contributed by atoms with van der Waals surface area (Å²) in [6.07, 6.45) is 1.79. The molecule has 142 valence electrons. The van der Waals surface area contributed by atoms with Crippen molar-refractivity contribution in [3.63, 3.8) is 0 Å². The number of benzene rings is 2. The highest BCUT2D eigenvalue weighted by Crippen LogP contribution is 2.38. The van der Waals surface area contributed by atoms with E-state index in [2.05, 4.69) is 20.5 Å². The lowest BCUT2D eigenvalue weighted by Gasteiger charge is -2.13. The Morgan fingerprint density at radius 2 is 2.04 bits per heavy atom. The molecule has 2 N–H and O–H groups in total. The molecule has 4 aromatic rings. The summed E-state index contributed by atoms with van der Waals surface area (Å²) in [7, 11) is 1.87. The van der Waals surface area contributed by atoms with Gasteiger partial charge in [0.25, 0.3) is 0 Å². The van der Waals surface area contributed by atoms with Crippen LogP contribution in [0.3, 0.4) is 0 Å². The lowest BCUT2D eigenvalue weighted by atomic mass is 9.98. The van der Waals surface area contributed by atoms with Crippen LogP contribution in [0.4, 0.5) is 5.69 Å². The lowest BCUT2D eigenvalue weighted by molar-refractivity contribution is 0.465. The highest BCUT2D eigenvalue weighted by atomic mass is 32.1. The van der Waals surface area contributed by atoms with E-state index in [0.717, 1.165) is 16.6 Å². The fourth-order valence-electron chi connectivity index (χ4n) is 3.30. The van der Waals surface area contributed by atoms with Gasteiger partial charge in [-0.25, -0.2) is 0 Å². The first-order valence-electron chi connectivity index (χ1n) is 8.71. The summed E-state index contributed by atoms with van der Waals surface area (Å²) < 4.78 is 3.90. The van der Waals surface area contributed by atoms with Crippen molar-refractivity contribution in [3.8, 4) is 22.8 Å². The summed E-state index contributed by atoms with van der Waals surface area (Å²) in [6, 6.07) is 8.92. The van der Waals surface area contributed by atoms with Crippen LogP contribution >= 0.6 is 12.2 Å². The van der Waals surface area contributed by atoms with Crippen LogP contribution < -0.4 is 0 Å². The number of aromatic amines is 1. The van der Waals surface area contributed by atoms with E-state index in [1.54, 1.807) is 21.5 Å². The molecule has 0 spiro atoms. The third-order valence-electron chi connectivity index (χ3n) is 4.77. The minimum absolute atomic E-state index is 0.0327. The summed E-state index contributed by atoms with van der Waals surface area (Å²) in [4.78, 5) is 11.4. The van der Waals surface area contributed by atoms with Crippen molar-refractivity contribution < 1.29 is 5.11 Å². The third-order valence-corrected chi connectivity index (χ3v) is 5.04. The maximum atomic E-state index is 11.4. The second kappa shape index (κ2) is 6.68. The lowest BCUT2D eigenvalue weighted by Crippen LogP contribution is -2.00. The molecule has 0 atom stereocenters. The molecule has 2 heterocycles. The van der Waals surface area contributed by atoms with Gasteiger partial charge in [-0.15, -0.1) is 4.91 Å². The summed E-state index contributed by atoms with van der Waals surface area (Å²) in [6.45, 7) is 3.92. The molecule has 0 aliphatic heterocycles. The predicted molar refractivity (Wildman–Crippen MR) is 110 cm³/mol. The average molecular weight is 394 g/mol. The largest absolute Gasteiger partial charge is 0.508 e. The number of aryl methyl sites for hydroxylation is 1. The molecular weight excluding hydrogens is 376 g/mol.